The minimum atomic E-state index is -0.883. The molecule has 0 bridgehead atoms. The van der Waals surface area contributed by atoms with E-state index in [1.807, 2.05) is 20.8 Å². The van der Waals surface area contributed by atoms with Gasteiger partial charge in [0.2, 0.25) is 0 Å². The predicted octanol–water partition coefficient (Wildman–Crippen LogP) is 0.548. The summed E-state index contributed by atoms with van der Waals surface area (Å²) in [5.41, 5.74) is -0.883. The van der Waals surface area contributed by atoms with E-state index in [1.54, 1.807) is 6.92 Å². The van der Waals surface area contributed by atoms with Gasteiger partial charge in [0.1, 0.15) is 5.54 Å². The van der Waals surface area contributed by atoms with E-state index in [4.69, 9.17) is 4.74 Å². The van der Waals surface area contributed by atoms with Crippen LogP contribution in [0, 0.1) is 0 Å². The van der Waals surface area contributed by atoms with Gasteiger partial charge in [-0.05, 0) is 27.3 Å². The third kappa shape index (κ3) is 3.94. The van der Waals surface area contributed by atoms with Crippen LogP contribution in [-0.2, 0) is 9.53 Å². The van der Waals surface area contributed by atoms with Crippen LogP contribution in [-0.4, -0.2) is 59.9 Å². The Hall–Kier alpha value is -0.650. The van der Waals surface area contributed by atoms with Crippen LogP contribution < -0.4 is 5.32 Å². The molecule has 5 nitrogen and oxygen atoms in total. The predicted molar refractivity (Wildman–Crippen MR) is 66.2 cm³/mol. The molecule has 0 aromatic rings. The fourth-order valence-corrected chi connectivity index (χ4v) is 2.45. The third-order valence-corrected chi connectivity index (χ3v) is 3.07. The Kier molecular flexibility index (Phi) is 4.91. The fourth-order valence-electron chi connectivity index (χ4n) is 2.45. The zero-order chi connectivity index (χ0) is 13.1. The molecule has 1 heterocycles. The Morgan fingerprint density at radius 3 is 2.41 bits per heavy atom. The molecule has 0 radical (unpaired) electrons. The Bertz CT molecular complexity index is 262. The second-order valence-corrected chi connectivity index (χ2v) is 5.12. The van der Waals surface area contributed by atoms with Crippen molar-refractivity contribution in [3.63, 3.8) is 0 Å². The first kappa shape index (κ1) is 14.4. The van der Waals surface area contributed by atoms with Crippen LogP contribution in [0.4, 0.5) is 0 Å². The quantitative estimate of drug-likeness (QED) is 0.739. The first-order valence-electron chi connectivity index (χ1n) is 6.23. The van der Waals surface area contributed by atoms with Gasteiger partial charge in [-0.2, -0.15) is 0 Å². The summed E-state index contributed by atoms with van der Waals surface area (Å²) in [5, 5.41) is 12.4. The largest absolute Gasteiger partial charge is 0.480 e. The highest BCUT2D eigenvalue weighted by Gasteiger charge is 2.36. The molecule has 5 heteroatoms. The van der Waals surface area contributed by atoms with Crippen molar-refractivity contribution < 1.29 is 14.6 Å². The molecular weight excluding hydrogens is 220 g/mol. The Morgan fingerprint density at radius 2 is 2.00 bits per heavy atom. The highest BCUT2D eigenvalue weighted by atomic mass is 16.5. The SMILES string of the molecule is CCNC(C)(CN1C[C@@H](C)O[C@@H](C)C1)C(=O)O. The molecule has 17 heavy (non-hydrogen) atoms. The van der Waals surface area contributed by atoms with Gasteiger partial charge in [-0.25, -0.2) is 0 Å². The number of carbonyl (C=O) groups is 1. The summed E-state index contributed by atoms with van der Waals surface area (Å²) in [4.78, 5) is 13.5. The standard InChI is InChI=1S/C12H24N2O3/c1-5-13-12(4,11(15)16)8-14-6-9(2)17-10(3)7-14/h9-10,13H,5-8H2,1-4H3,(H,15,16)/t9-,10+,12?. The average molecular weight is 244 g/mol. The molecule has 3 atom stereocenters. The molecule has 100 valence electrons. The molecule has 0 aromatic carbocycles. The van der Waals surface area contributed by atoms with E-state index in [0.29, 0.717) is 13.1 Å². The number of likely N-dealkylation sites (N-methyl/N-ethyl adjacent to an activating group) is 1. The van der Waals surface area contributed by atoms with Crippen LogP contribution in [0.15, 0.2) is 0 Å². The second kappa shape index (κ2) is 5.80. The van der Waals surface area contributed by atoms with Gasteiger partial charge in [-0.15, -0.1) is 0 Å². The lowest BCUT2D eigenvalue weighted by molar-refractivity contribution is -0.146. The number of rotatable bonds is 5. The molecule has 1 rings (SSSR count). The maximum Gasteiger partial charge on any atom is 0.324 e. The van der Waals surface area contributed by atoms with Gasteiger partial charge in [-0.1, -0.05) is 6.92 Å². The fraction of sp³-hybridized carbons (Fsp3) is 0.917. The Labute approximate surface area is 103 Å². The van der Waals surface area contributed by atoms with Crippen LogP contribution in [0.1, 0.15) is 27.7 Å². The highest BCUT2D eigenvalue weighted by Crippen LogP contribution is 2.15. The van der Waals surface area contributed by atoms with E-state index in [9.17, 15) is 9.90 Å². The number of nitrogens with zero attached hydrogens (tertiary/aromatic N) is 1. The lowest BCUT2D eigenvalue weighted by Gasteiger charge is -2.39. The van der Waals surface area contributed by atoms with Crippen LogP contribution in [0.25, 0.3) is 0 Å². The minimum absolute atomic E-state index is 0.165. The maximum absolute atomic E-state index is 11.3. The van der Waals surface area contributed by atoms with Crippen molar-refractivity contribution in [2.24, 2.45) is 0 Å². The molecule has 1 fully saturated rings. The van der Waals surface area contributed by atoms with Gasteiger partial charge in [0.05, 0.1) is 12.2 Å². The van der Waals surface area contributed by atoms with Gasteiger partial charge >= 0.3 is 5.97 Å². The van der Waals surface area contributed by atoms with E-state index in [-0.39, 0.29) is 12.2 Å². The van der Waals surface area contributed by atoms with E-state index in [1.165, 1.54) is 0 Å². The molecular formula is C12H24N2O3. The van der Waals surface area contributed by atoms with Gasteiger partial charge in [-0.3, -0.25) is 9.69 Å². The summed E-state index contributed by atoms with van der Waals surface area (Å²) >= 11 is 0. The van der Waals surface area contributed by atoms with Crippen molar-refractivity contribution in [2.45, 2.75) is 45.4 Å². The molecule has 0 spiro atoms. The van der Waals surface area contributed by atoms with Crippen molar-refractivity contribution in [1.82, 2.24) is 10.2 Å². The lowest BCUT2D eigenvalue weighted by atomic mass is 10.0. The Morgan fingerprint density at radius 1 is 1.47 bits per heavy atom. The summed E-state index contributed by atoms with van der Waals surface area (Å²) in [5.74, 6) is -0.800. The first-order chi connectivity index (χ1) is 7.87. The van der Waals surface area contributed by atoms with E-state index in [2.05, 4.69) is 10.2 Å². The maximum atomic E-state index is 11.3. The highest BCUT2D eigenvalue weighted by molar-refractivity contribution is 5.78. The van der Waals surface area contributed by atoms with Crippen LogP contribution in [0.5, 0.6) is 0 Å². The minimum Gasteiger partial charge on any atom is -0.480 e. The zero-order valence-corrected chi connectivity index (χ0v) is 11.2. The summed E-state index contributed by atoms with van der Waals surface area (Å²) < 4.78 is 5.64. The van der Waals surface area contributed by atoms with E-state index in [0.717, 1.165) is 13.1 Å². The number of aliphatic carboxylic acids is 1. The first-order valence-corrected chi connectivity index (χ1v) is 6.23. The zero-order valence-electron chi connectivity index (χ0n) is 11.2. The van der Waals surface area contributed by atoms with Gasteiger partial charge in [0.15, 0.2) is 0 Å². The number of nitrogens with one attached hydrogen (secondary N) is 1. The second-order valence-electron chi connectivity index (χ2n) is 5.12. The molecule has 1 aliphatic rings. The van der Waals surface area contributed by atoms with Crippen molar-refractivity contribution in [2.75, 3.05) is 26.2 Å². The number of morpholine rings is 1. The topological polar surface area (TPSA) is 61.8 Å². The van der Waals surface area contributed by atoms with Crippen molar-refractivity contribution in [3.05, 3.63) is 0 Å². The van der Waals surface area contributed by atoms with Crippen LogP contribution in [0.3, 0.4) is 0 Å². The molecule has 0 saturated carbocycles. The number of hydrogen-bond acceptors (Lipinski definition) is 4. The lowest BCUT2D eigenvalue weighted by Crippen LogP contribution is -2.59. The molecule has 0 aliphatic carbocycles. The summed E-state index contributed by atoms with van der Waals surface area (Å²) in [6, 6.07) is 0. The summed E-state index contributed by atoms with van der Waals surface area (Å²) in [7, 11) is 0. The normalized spacial score (nSPS) is 29.9. The molecule has 0 amide bonds. The van der Waals surface area contributed by atoms with E-state index >= 15 is 0 Å². The summed E-state index contributed by atoms with van der Waals surface area (Å²) in [6.45, 7) is 10.4. The average Bonchev–Trinajstić information content (AvgIpc) is 2.15. The van der Waals surface area contributed by atoms with Gasteiger partial charge in [0.25, 0.3) is 0 Å². The third-order valence-electron chi connectivity index (χ3n) is 3.07. The van der Waals surface area contributed by atoms with Crippen molar-refractivity contribution in [3.8, 4) is 0 Å². The molecule has 1 aliphatic heterocycles. The number of ether oxygens (including phenoxy) is 1. The Balaban J connectivity index is 2.63. The van der Waals surface area contributed by atoms with Gasteiger partial charge < -0.3 is 15.2 Å². The van der Waals surface area contributed by atoms with Crippen molar-refractivity contribution >= 4 is 5.97 Å². The van der Waals surface area contributed by atoms with Crippen LogP contribution in [0.2, 0.25) is 0 Å². The molecule has 1 saturated heterocycles. The van der Waals surface area contributed by atoms with Gasteiger partial charge in [0, 0.05) is 19.6 Å². The molecule has 2 N–H and O–H groups in total. The van der Waals surface area contributed by atoms with Crippen molar-refractivity contribution in [1.29, 1.82) is 0 Å². The molecule has 1 unspecified atom stereocenters. The number of carboxylic acids is 1. The smallest absolute Gasteiger partial charge is 0.324 e. The van der Waals surface area contributed by atoms with Crippen LogP contribution >= 0.6 is 0 Å². The monoisotopic (exact) mass is 244 g/mol. The van der Waals surface area contributed by atoms with E-state index < -0.39 is 11.5 Å². The molecule has 0 aromatic heterocycles. The number of hydrogen-bond donors (Lipinski definition) is 2. The summed E-state index contributed by atoms with van der Waals surface area (Å²) in [6.07, 6.45) is 0.330. The number of carboxylic acid groups (broad SMARTS) is 1.